The Labute approximate surface area is 123 Å². The van der Waals surface area contributed by atoms with Crippen LogP contribution in [0.4, 0.5) is 5.82 Å². The fourth-order valence-electron chi connectivity index (χ4n) is 2.84. The van der Waals surface area contributed by atoms with Gasteiger partial charge in [-0.2, -0.15) is 0 Å². The van der Waals surface area contributed by atoms with E-state index < -0.39 is 11.4 Å². The average Bonchev–Trinajstić information content (AvgIpc) is 2.90. The van der Waals surface area contributed by atoms with Crippen LogP contribution in [0.1, 0.15) is 13.3 Å². The van der Waals surface area contributed by atoms with E-state index in [1.54, 1.807) is 20.2 Å². The fourth-order valence-corrected chi connectivity index (χ4v) is 2.84. The van der Waals surface area contributed by atoms with Crippen LogP contribution in [0.15, 0.2) is 30.5 Å². The molecule has 1 unspecified atom stereocenters. The third-order valence-electron chi connectivity index (χ3n) is 4.24. The molecular weight excluding hydrogens is 268 g/mol. The summed E-state index contributed by atoms with van der Waals surface area (Å²) in [4.78, 5) is 17.9. The molecule has 2 heterocycles. The van der Waals surface area contributed by atoms with Crippen molar-refractivity contribution in [2.45, 2.75) is 13.3 Å². The molecule has 0 bridgehead atoms. The lowest BCUT2D eigenvalue weighted by Gasteiger charge is -2.22. The summed E-state index contributed by atoms with van der Waals surface area (Å²) in [6, 6.07) is 7.79. The van der Waals surface area contributed by atoms with E-state index in [0.29, 0.717) is 19.5 Å². The summed E-state index contributed by atoms with van der Waals surface area (Å²) in [7, 11) is 1.64. The Morgan fingerprint density at radius 1 is 1.43 bits per heavy atom. The molecule has 0 aliphatic carbocycles. The number of anilines is 1. The molecule has 21 heavy (non-hydrogen) atoms. The normalized spacial score (nSPS) is 21.7. The number of methoxy groups -OCH3 is 1. The van der Waals surface area contributed by atoms with Gasteiger partial charge in [-0.1, -0.05) is 0 Å². The number of carbonyl (C=O) groups is 1. The Kier molecular flexibility index (Phi) is 3.20. The summed E-state index contributed by atoms with van der Waals surface area (Å²) in [5.41, 5.74) is -0.698. The van der Waals surface area contributed by atoms with Crippen molar-refractivity contribution in [3.05, 3.63) is 30.5 Å². The van der Waals surface area contributed by atoms with Gasteiger partial charge in [-0.25, -0.2) is 4.98 Å². The number of aromatic nitrogens is 1. The summed E-state index contributed by atoms with van der Waals surface area (Å²) >= 11 is 0. The summed E-state index contributed by atoms with van der Waals surface area (Å²) in [6.07, 6.45) is 2.39. The molecule has 0 radical (unpaired) electrons. The first-order valence-electron chi connectivity index (χ1n) is 6.95. The van der Waals surface area contributed by atoms with Crippen molar-refractivity contribution < 1.29 is 14.6 Å². The summed E-state index contributed by atoms with van der Waals surface area (Å²) in [6.45, 7) is 2.99. The van der Waals surface area contributed by atoms with Gasteiger partial charge in [0.2, 0.25) is 0 Å². The lowest BCUT2D eigenvalue weighted by Crippen LogP contribution is -2.32. The van der Waals surface area contributed by atoms with Gasteiger partial charge >= 0.3 is 5.97 Å². The molecule has 1 aliphatic rings. The smallest absolute Gasteiger partial charge is 0.311 e. The van der Waals surface area contributed by atoms with Gasteiger partial charge in [-0.3, -0.25) is 4.79 Å². The van der Waals surface area contributed by atoms with E-state index >= 15 is 0 Å². The second-order valence-corrected chi connectivity index (χ2v) is 5.76. The van der Waals surface area contributed by atoms with Crippen LogP contribution >= 0.6 is 0 Å². The topological polar surface area (TPSA) is 62.7 Å². The van der Waals surface area contributed by atoms with Crippen molar-refractivity contribution in [1.29, 1.82) is 0 Å². The van der Waals surface area contributed by atoms with Crippen molar-refractivity contribution in [3.8, 4) is 5.75 Å². The number of ether oxygens (including phenoxy) is 1. The molecule has 0 amide bonds. The first-order chi connectivity index (χ1) is 10.0. The molecule has 110 valence electrons. The SMILES string of the molecule is COc1ccc2c(N3CCC(C)(C(=O)O)C3)nccc2c1. The van der Waals surface area contributed by atoms with Crippen molar-refractivity contribution in [2.75, 3.05) is 25.1 Å². The molecule has 1 N–H and O–H groups in total. The van der Waals surface area contributed by atoms with Gasteiger partial charge in [-0.05, 0) is 43.0 Å². The largest absolute Gasteiger partial charge is 0.497 e. The summed E-state index contributed by atoms with van der Waals surface area (Å²) < 4.78 is 5.24. The number of carboxylic acids is 1. The van der Waals surface area contributed by atoms with Crippen molar-refractivity contribution in [1.82, 2.24) is 4.98 Å². The zero-order valence-electron chi connectivity index (χ0n) is 12.2. The van der Waals surface area contributed by atoms with Gasteiger partial charge in [0.05, 0.1) is 12.5 Å². The molecule has 0 spiro atoms. The minimum absolute atomic E-state index is 0.487. The number of hydrogen-bond acceptors (Lipinski definition) is 4. The molecule has 3 rings (SSSR count). The van der Waals surface area contributed by atoms with Crippen LogP contribution < -0.4 is 9.64 Å². The Morgan fingerprint density at radius 2 is 2.24 bits per heavy atom. The molecule has 1 aromatic carbocycles. The third kappa shape index (κ3) is 2.28. The summed E-state index contributed by atoms with van der Waals surface area (Å²) in [5.74, 6) is 0.906. The number of carboxylic acid groups (broad SMARTS) is 1. The lowest BCUT2D eigenvalue weighted by molar-refractivity contribution is -0.146. The maximum atomic E-state index is 11.4. The van der Waals surface area contributed by atoms with Crippen molar-refractivity contribution in [2.24, 2.45) is 5.41 Å². The van der Waals surface area contributed by atoms with E-state index in [0.717, 1.165) is 22.3 Å². The van der Waals surface area contributed by atoms with Gasteiger partial charge in [-0.15, -0.1) is 0 Å². The predicted octanol–water partition coefficient (Wildman–Crippen LogP) is 2.54. The molecule has 1 atom stereocenters. The first-order valence-corrected chi connectivity index (χ1v) is 6.95. The van der Waals surface area contributed by atoms with Crippen LogP contribution in [-0.2, 0) is 4.79 Å². The molecule has 1 aromatic heterocycles. The average molecular weight is 286 g/mol. The Bertz CT molecular complexity index is 701. The number of fused-ring (bicyclic) bond motifs is 1. The number of nitrogens with zero attached hydrogens (tertiary/aromatic N) is 2. The number of aliphatic carboxylic acids is 1. The third-order valence-corrected chi connectivity index (χ3v) is 4.24. The molecule has 1 saturated heterocycles. The molecule has 1 fully saturated rings. The van der Waals surface area contributed by atoms with Crippen LogP contribution in [0.25, 0.3) is 10.8 Å². The van der Waals surface area contributed by atoms with Gasteiger partial charge in [0.1, 0.15) is 11.6 Å². The van der Waals surface area contributed by atoms with E-state index in [1.807, 2.05) is 24.3 Å². The fraction of sp³-hybridized carbons (Fsp3) is 0.375. The molecule has 2 aromatic rings. The highest BCUT2D eigenvalue weighted by molar-refractivity contribution is 5.93. The first kappa shape index (κ1) is 13.7. The highest BCUT2D eigenvalue weighted by Gasteiger charge is 2.41. The zero-order valence-corrected chi connectivity index (χ0v) is 12.2. The Balaban J connectivity index is 2.00. The maximum absolute atomic E-state index is 11.4. The Morgan fingerprint density at radius 3 is 2.90 bits per heavy atom. The van der Waals surface area contributed by atoms with Crippen LogP contribution in [-0.4, -0.2) is 36.3 Å². The van der Waals surface area contributed by atoms with E-state index in [2.05, 4.69) is 9.88 Å². The summed E-state index contributed by atoms with van der Waals surface area (Å²) in [5, 5.41) is 11.4. The van der Waals surface area contributed by atoms with E-state index in [1.165, 1.54) is 0 Å². The molecular formula is C16H18N2O3. The quantitative estimate of drug-likeness (QED) is 0.939. The number of benzene rings is 1. The van der Waals surface area contributed by atoms with Gasteiger partial charge in [0.15, 0.2) is 0 Å². The highest BCUT2D eigenvalue weighted by Crippen LogP contribution is 2.36. The molecule has 5 heteroatoms. The lowest BCUT2D eigenvalue weighted by atomic mass is 9.90. The van der Waals surface area contributed by atoms with Crippen LogP contribution in [0.2, 0.25) is 0 Å². The van der Waals surface area contributed by atoms with Gasteiger partial charge in [0.25, 0.3) is 0 Å². The highest BCUT2D eigenvalue weighted by atomic mass is 16.5. The van der Waals surface area contributed by atoms with Gasteiger partial charge < -0.3 is 14.7 Å². The van der Waals surface area contributed by atoms with E-state index in [9.17, 15) is 9.90 Å². The molecule has 5 nitrogen and oxygen atoms in total. The van der Waals surface area contributed by atoms with Crippen LogP contribution in [0, 0.1) is 5.41 Å². The Hall–Kier alpha value is -2.30. The molecule has 1 aliphatic heterocycles. The predicted molar refractivity (Wildman–Crippen MR) is 80.9 cm³/mol. The minimum atomic E-state index is -0.744. The second-order valence-electron chi connectivity index (χ2n) is 5.76. The number of hydrogen-bond donors (Lipinski definition) is 1. The minimum Gasteiger partial charge on any atom is -0.497 e. The monoisotopic (exact) mass is 286 g/mol. The van der Waals surface area contributed by atoms with E-state index in [4.69, 9.17) is 4.74 Å². The second kappa shape index (κ2) is 4.91. The number of pyridine rings is 1. The maximum Gasteiger partial charge on any atom is 0.311 e. The van der Waals surface area contributed by atoms with Crippen molar-refractivity contribution in [3.63, 3.8) is 0 Å². The van der Waals surface area contributed by atoms with Crippen LogP contribution in [0.5, 0.6) is 5.75 Å². The zero-order chi connectivity index (χ0) is 15.0. The van der Waals surface area contributed by atoms with E-state index in [-0.39, 0.29) is 0 Å². The number of rotatable bonds is 3. The van der Waals surface area contributed by atoms with Crippen LogP contribution in [0.3, 0.4) is 0 Å². The standard InChI is InChI=1S/C16H18N2O3/c1-16(15(19)20)6-8-18(10-16)14-13-4-3-12(21-2)9-11(13)5-7-17-14/h3-5,7,9H,6,8,10H2,1-2H3,(H,19,20). The molecule has 0 saturated carbocycles. The van der Waals surface area contributed by atoms with Crippen molar-refractivity contribution >= 4 is 22.6 Å². The van der Waals surface area contributed by atoms with Gasteiger partial charge in [0, 0.05) is 24.7 Å².